The molecule has 0 N–H and O–H groups in total. The summed E-state index contributed by atoms with van der Waals surface area (Å²) < 4.78 is 33.9. The van der Waals surface area contributed by atoms with Gasteiger partial charge in [0.1, 0.15) is 17.4 Å². The lowest BCUT2D eigenvalue weighted by molar-refractivity contribution is 0.407. The Kier molecular flexibility index (Phi) is 3.42. The fraction of sp³-hybridized carbons (Fsp3) is 0.0476. The van der Waals surface area contributed by atoms with Crippen LogP contribution in [-0.4, -0.2) is 7.11 Å². The van der Waals surface area contributed by atoms with Gasteiger partial charge in [-0.15, -0.1) is 0 Å². The van der Waals surface area contributed by atoms with Crippen LogP contribution in [-0.2, 0) is 0 Å². The first-order chi connectivity index (χ1) is 11.7. The summed E-state index contributed by atoms with van der Waals surface area (Å²) in [5.41, 5.74) is 0.507. The highest BCUT2D eigenvalue weighted by Crippen LogP contribution is 2.36. The molecule has 24 heavy (non-hydrogen) atoms. The second-order valence-electron chi connectivity index (χ2n) is 5.69. The van der Waals surface area contributed by atoms with Gasteiger partial charge in [0.15, 0.2) is 0 Å². The second kappa shape index (κ2) is 5.60. The molecule has 0 atom stereocenters. The summed E-state index contributed by atoms with van der Waals surface area (Å²) in [5, 5.41) is 3.89. The fourth-order valence-electron chi connectivity index (χ4n) is 3.11. The lowest BCUT2D eigenvalue weighted by Crippen LogP contribution is -1.94. The van der Waals surface area contributed by atoms with E-state index < -0.39 is 11.6 Å². The minimum absolute atomic E-state index is 0.0309. The number of hydrogen-bond donors (Lipinski definition) is 0. The van der Waals surface area contributed by atoms with Crippen molar-refractivity contribution in [3.05, 3.63) is 78.4 Å². The predicted octanol–water partition coefficient (Wildman–Crippen LogP) is 5.95. The molecule has 0 unspecified atom stereocenters. The van der Waals surface area contributed by atoms with Crippen LogP contribution in [0.4, 0.5) is 8.78 Å². The largest absolute Gasteiger partial charge is 0.497 e. The van der Waals surface area contributed by atoms with Gasteiger partial charge < -0.3 is 4.74 Å². The number of benzene rings is 4. The van der Waals surface area contributed by atoms with E-state index in [1.54, 1.807) is 6.07 Å². The highest BCUT2D eigenvalue weighted by atomic mass is 19.1. The fourth-order valence-corrected chi connectivity index (χ4v) is 3.11. The van der Waals surface area contributed by atoms with E-state index in [1.807, 2.05) is 48.5 Å². The Morgan fingerprint density at radius 2 is 1.33 bits per heavy atom. The third-order valence-corrected chi connectivity index (χ3v) is 4.27. The van der Waals surface area contributed by atoms with Crippen molar-refractivity contribution < 1.29 is 13.5 Å². The maximum Gasteiger partial charge on any atom is 0.137 e. The lowest BCUT2D eigenvalue weighted by Gasteiger charge is -2.12. The summed E-state index contributed by atoms with van der Waals surface area (Å²) in [4.78, 5) is 0. The van der Waals surface area contributed by atoms with Gasteiger partial charge in [0, 0.05) is 12.1 Å². The SMILES string of the molecule is COc1cc(F)c(-c2cccc3cc4ccccc4cc23)c(F)c1. The highest BCUT2D eigenvalue weighted by Gasteiger charge is 2.16. The van der Waals surface area contributed by atoms with Gasteiger partial charge in [-0.25, -0.2) is 8.78 Å². The number of methoxy groups -OCH3 is 1. The molecule has 0 aliphatic heterocycles. The first-order valence-corrected chi connectivity index (χ1v) is 7.62. The van der Waals surface area contributed by atoms with Crippen LogP contribution in [0, 0.1) is 11.6 Å². The molecule has 0 aromatic heterocycles. The van der Waals surface area contributed by atoms with E-state index in [9.17, 15) is 8.78 Å². The average molecular weight is 320 g/mol. The molecule has 0 spiro atoms. The van der Waals surface area contributed by atoms with Crippen molar-refractivity contribution in [2.75, 3.05) is 7.11 Å². The monoisotopic (exact) mass is 320 g/mol. The van der Waals surface area contributed by atoms with Gasteiger partial charge >= 0.3 is 0 Å². The third-order valence-electron chi connectivity index (χ3n) is 4.27. The summed E-state index contributed by atoms with van der Waals surface area (Å²) >= 11 is 0. The molecule has 1 nitrogen and oxygen atoms in total. The zero-order valence-corrected chi connectivity index (χ0v) is 13.0. The van der Waals surface area contributed by atoms with Crippen LogP contribution in [0.25, 0.3) is 32.7 Å². The van der Waals surface area contributed by atoms with Crippen LogP contribution in [0.3, 0.4) is 0 Å². The summed E-state index contributed by atoms with van der Waals surface area (Å²) in [6.45, 7) is 0. The van der Waals surface area contributed by atoms with E-state index in [-0.39, 0.29) is 11.3 Å². The lowest BCUT2D eigenvalue weighted by atomic mass is 9.95. The Hall–Kier alpha value is -2.94. The van der Waals surface area contributed by atoms with Crippen molar-refractivity contribution in [1.82, 2.24) is 0 Å². The molecule has 0 fully saturated rings. The van der Waals surface area contributed by atoms with Gasteiger partial charge in [-0.2, -0.15) is 0 Å². The Bertz CT molecular complexity index is 1050. The summed E-state index contributed by atoms with van der Waals surface area (Å²) in [6, 6.07) is 19.9. The molecule has 0 saturated heterocycles. The maximum atomic E-state index is 14.5. The van der Waals surface area contributed by atoms with Gasteiger partial charge in [0.05, 0.1) is 12.7 Å². The van der Waals surface area contributed by atoms with Gasteiger partial charge in [0.25, 0.3) is 0 Å². The molecule has 4 rings (SSSR count). The number of fused-ring (bicyclic) bond motifs is 2. The molecule has 0 heterocycles. The second-order valence-corrected chi connectivity index (χ2v) is 5.69. The molecule has 0 radical (unpaired) electrons. The zero-order valence-electron chi connectivity index (χ0n) is 13.0. The van der Waals surface area contributed by atoms with E-state index in [0.717, 1.165) is 21.5 Å². The van der Waals surface area contributed by atoms with E-state index in [2.05, 4.69) is 0 Å². The Morgan fingerprint density at radius 3 is 2.00 bits per heavy atom. The molecule has 0 aliphatic carbocycles. The molecular formula is C21H14F2O. The quantitative estimate of drug-likeness (QED) is 0.415. The number of rotatable bonds is 2. The summed E-state index contributed by atoms with van der Waals surface area (Å²) in [5.74, 6) is -1.10. The molecule has 0 aliphatic rings. The van der Waals surface area contributed by atoms with Gasteiger partial charge in [0.2, 0.25) is 0 Å². The summed E-state index contributed by atoms with van der Waals surface area (Å²) in [7, 11) is 1.39. The van der Waals surface area contributed by atoms with Crippen molar-refractivity contribution in [3.63, 3.8) is 0 Å². The molecular weight excluding hydrogens is 306 g/mol. The third kappa shape index (κ3) is 2.29. The van der Waals surface area contributed by atoms with E-state index >= 15 is 0 Å². The topological polar surface area (TPSA) is 9.23 Å². The average Bonchev–Trinajstić information content (AvgIpc) is 2.59. The number of hydrogen-bond acceptors (Lipinski definition) is 1. The Labute approximate surface area is 138 Å². The maximum absolute atomic E-state index is 14.5. The van der Waals surface area contributed by atoms with Gasteiger partial charge in [-0.3, -0.25) is 0 Å². The van der Waals surface area contributed by atoms with Crippen molar-refractivity contribution >= 4 is 21.5 Å². The van der Waals surface area contributed by atoms with Crippen LogP contribution in [0.5, 0.6) is 5.75 Å². The zero-order chi connectivity index (χ0) is 16.7. The van der Waals surface area contributed by atoms with Crippen LogP contribution in [0.2, 0.25) is 0 Å². The first-order valence-electron chi connectivity index (χ1n) is 7.62. The van der Waals surface area contributed by atoms with Crippen LogP contribution >= 0.6 is 0 Å². The number of ether oxygens (including phenoxy) is 1. The predicted molar refractivity (Wildman–Crippen MR) is 93.4 cm³/mol. The van der Waals surface area contributed by atoms with Crippen molar-refractivity contribution in [1.29, 1.82) is 0 Å². The molecule has 3 heteroatoms. The highest BCUT2D eigenvalue weighted by molar-refractivity contribution is 6.05. The molecule has 4 aromatic carbocycles. The normalized spacial score (nSPS) is 11.1. The standard InChI is InChI=1S/C21H14F2O/c1-24-16-11-19(22)21(20(23)12-16)17-8-4-7-15-9-13-5-2-3-6-14(13)10-18(15)17/h2-12H,1H3. The Balaban J connectivity index is 2.05. The molecule has 118 valence electrons. The van der Waals surface area contributed by atoms with Gasteiger partial charge in [-0.05, 0) is 39.2 Å². The molecule has 0 saturated carbocycles. The molecule has 0 amide bonds. The smallest absolute Gasteiger partial charge is 0.137 e. The van der Waals surface area contributed by atoms with E-state index in [1.165, 1.54) is 19.2 Å². The van der Waals surface area contributed by atoms with Crippen LogP contribution in [0.1, 0.15) is 0 Å². The van der Waals surface area contributed by atoms with Crippen molar-refractivity contribution in [2.24, 2.45) is 0 Å². The van der Waals surface area contributed by atoms with Crippen LogP contribution < -0.4 is 4.74 Å². The van der Waals surface area contributed by atoms with E-state index in [0.29, 0.717) is 5.56 Å². The summed E-state index contributed by atoms with van der Waals surface area (Å²) in [6.07, 6.45) is 0. The van der Waals surface area contributed by atoms with Crippen LogP contribution in [0.15, 0.2) is 66.7 Å². The molecule has 0 bridgehead atoms. The number of halogens is 2. The first kappa shape index (κ1) is 14.6. The Morgan fingerprint density at radius 1 is 0.708 bits per heavy atom. The molecule has 4 aromatic rings. The minimum atomic E-state index is -0.632. The van der Waals surface area contributed by atoms with Crippen molar-refractivity contribution in [2.45, 2.75) is 0 Å². The minimum Gasteiger partial charge on any atom is -0.497 e. The van der Waals surface area contributed by atoms with E-state index in [4.69, 9.17) is 4.74 Å². The van der Waals surface area contributed by atoms with Gasteiger partial charge in [-0.1, -0.05) is 42.5 Å². The van der Waals surface area contributed by atoms with Crippen molar-refractivity contribution in [3.8, 4) is 16.9 Å².